The Labute approximate surface area is 172 Å². The minimum atomic E-state index is -0.683. The number of ether oxygens (including phenoxy) is 4. The molecule has 0 amide bonds. The topological polar surface area (TPSA) is 105 Å². The molecule has 0 radical (unpaired) electrons. The van der Waals surface area contributed by atoms with E-state index in [2.05, 4.69) is 0 Å². The first-order chi connectivity index (χ1) is 14.5. The quantitative estimate of drug-likeness (QED) is 0.369. The molecule has 0 fully saturated rings. The Morgan fingerprint density at radius 2 is 0.600 bits per heavy atom. The molecule has 156 valence electrons. The van der Waals surface area contributed by atoms with Crippen molar-refractivity contribution in [3.05, 3.63) is 70.8 Å². The Balaban J connectivity index is 1.67. The van der Waals surface area contributed by atoms with E-state index in [-0.39, 0.29) is 26.4 Å². The van der Waals surface area contributed by atoms with Gasteiger partial charge in [-0.25, -0.2) is 0 Å². The van der Waals surface area contributed by atoms with Crippen molar-refractivity contribution in [2.45, 2.75) is 39.3 Å². The number of rotatable bonds is 0. The van der Waals surface area contributed by atoms with Crippen molar-refractivity contribution in [1.29, 1.82) is 0 Å². The van der Waals surface area contributed by atoms with Crippen LogP contribution in [0.3, 0.4) is 0 Å². The Hall–Kier alpha value is -3.68. The van der Waals surface area contributed by atoms with Crippen LogP contribution in [-0.2, 0) is 64.6 Å². The number of hydrogen-bond donors (Lipinski definition) is 0. The number of benzene rings is 2. The standard InChI is InChI=1S/C22H20O8/c23-19-9-21(25)29-13-17-5-7-18(8-6-17)14-30-22(26)10-20(24)28-12-16-2-1-15(3-4-16)11-27-19/h1-8H,9-14H2. The van der Waals surface area contributed by atoms with Crippen LogP contribution in [0.4, 0.5) is 0 Å². The Bertz CT molecular complexity index is 764. The lowest BCUT2D eigenvalue weighted by atomic mass is 10.1. The monoisotopic (exact) mass is 412 g/mol. The summed E-state index contributed by atoms with van der Waals surface area (Å²) in [5.41, 5.74) is 2.82. The first-order valence-electron chi connectivity index (χ1n) is 9.26. The zero-order chi connectivity index (χ0) is 21.3. The van der Waals surface area contributed by atoms with Crippen LogP contribution in [0.25, 0.3) is 0 Å². The molecule has 2 aromatic rings. The smallest absolute Gasteiger partial charge is 0.317 e. The molecule has 0 saturated heterocycles. The van der Waals surface area contributed by atoms with E-state index in [4.69, 9.17) is 18.9 Å². The summed E-state index contributed by atoms with van der Waals surface area (Å²) in [6.45, 7) is -0.00205. The highest BCUT2D eigenvalue weighted by molar-refractivity contribution is 5.91. The number of carbonyl (C=O) groups is 4. The van der Waals surface area contributed by atoms with Crippen LogP contribution in [0.5, 0.6) is 0 Å². The minimum absolute atomic E-state index is 0.000512. The second-order valence-corrected chi connectivity index (χ2v) is 6.63. The Kier molecular flexibility index (Phi) is 7.15. The predicted molar refractivity (Wildman–Crippen MR) is 101 cm³/mol. The third kappa shape index (κ3) is 6.73. The summed E-state index contributed by atoms with van der Waals surface area (Å²) in [4.78, 5) is 47.2. The maximum atomic E-state index is 11.8. The van der Waals surface area contributed by atoms with Gasteiger partial charge in [-0.15, -0.1) is 0 Å². The first-order valence-corrected chi connectivity index (χ1v) is 9.26. The molecule has 4 bridgehead atoms. The molecule has 8 nitrogen and oxygen atoms in total. The van der Waals surface area contributed by atoms with Crippen LogP contribution >= 0.6 is 0 Å². The van der Waals surface area contributed by atoms with E-state index < -0.39 is 36.7 Å². The van der Waals surface area contributed by atoms with E-state index in [1.165, 1.54) is 0 Å². The fourth-order valence-electron chi connectivity index (χ4n) is 2.56. The molecule has 4 aliphatic rings. The van der Waals surface area contributed by atoms with Crippen molar-refractivity contribution in [3.63, 3.8) is 0 Å². The SMILES string of the molecule is O=C1CC(=O)OCc2ccc(cc2)COC(=O)CC(=O)OCc2ccc(cc2)CO1. The fraction of sp³-hybridized carbons (Fsp3) is 0.273. The van der Waals surface area contributed by atoms with Crippen molar-refractivity contribution in [2.75, 3.05) is 0 Å². The lowest BCUT2D eigenvalue weighted by Gasteiger charge is -2.09. The molecule has 0 atom stereocenters. The van der Waals surface area contributed by atoms with Crippen molar-refractivity contribution < 1.29 is 38.1 Å². The molecular formula is C22H20O8. The molecule has 0 spiro atoms. The Morgan fingerprint density at radius 1 is 0.400 bits per heavy atom. The average Bonchev–Trinajstić information content (AvgIpc) is 2.74. The summed E-state index contributed by atoms with van der Waals surface area (Å²) < 4.78 is 20.3. The average molecular weight is 412 g/mol. The largest absolute Gasteiger partial charge is 0.460 e. The van der Waals surface area contributed by atoms with Crippen molar-refractivity contribution >= 4 is 23.9 Å². The van der Waals surface area contributed by atoms with Gasteiger partial charge in [0.1, 0.15) is 39.3 Å². The predicted octanol–water partition coefficient (Wildman–Crippen LogP) is 2.35. The number of carbonyl (C=O) groups excluding carboxylic acids is 4. The molecule has 4 aliphatic heterocycles. The van der Waals surface area contributed by atoms with Gasteiger partial charge in [-0.05, 0) is 22.3 Å². The molecule has 6 rings (SSSR count). The van der Waals surface area contributed by atoms with Gasteiger partial charge < -0.3 is 18.9 Å². The van der Waals surface area contributed by atoms with Crippen molar-refractivity contribution in [1.82, 2.24) is 0 Å². The summed E-state index contributed by atoms with van der Waals surface area (Å²) in [5.74, 6) is -2.73. The van der Waals surface area contributed by atoms with Gasteiger partial charge in [-0.1, -0.05) is 48.5 Å². The zero-order valence-electron chi connectivity index (χ0n) is 16.1. The highest BCUT2D eigenvalue weighted by Crippen LogP contribution is 2.11. The third-order valence-corrected chi connectivity index (χ3v) is 4.22. The summed E-state index contributed by atoms with van der Waals surface area (Å²) in [6, 6.07) is 13.7. The van der Waals surface area contributed by atoms with Crippen molar-refractivity contribution in [2.24, 2.45) is 0 Å². The van der Waals surface area contributed by atoms with Gasteiger partial charge in [-0.3, -0.25) is 19.2 Å². The molecule has 0 N–H and O–H groups in total. The van der Waals surface area contributed by atoms with E-state index >= 15 is 0 Å². The van der Waals surface area contributed by atoms with E-state index in [9.17, 15) is 19.2 Å². The lowest BCUT2D eigenvalue weighted by Crippen LogP contribution is -2.14. The minimum Gasteiger partial charge on any atom is -0.460 e. The molecule has 0 aliphatic carbocycles. The fourth-order valence-corrected chi connectivity index (χ4v) is 2.56. The van der Waals surface area contributed by atoms with Crippen LogP contribution in [0, 0.1) is 0 Å². The zero-order valence-corrected chi connectivity index (χ0v) is 16.1. The maximum absolute atomic E-state index is 11.8. The van der Waals surface area contributed by atoms with Crippen LogP contribution in [0.2, 0.25) is 0 Å². The normalized spacial score (nSPS) is 16.5. The molecular weight excluding hydrogens is 392 g/mol. The second-order valence-electron chi connectivity index (χ2n) is 6.63. The van der Waals surface area contributed by atoms with E-state index in [1.807, 2.05) is 0 Å². The number of esters is 4. The number of hydrogen-bond acceptors (Lipinski definition) is 8. The molecule has 2 aromatic carbocycles. The van der Waals surface area contributed by atoms with Crippen LogP contribution in [0.15, 0.2) is 48.5 Å². The highest BCUT2D eigenvalue weighted by Gasteiger charge is 2.14. The maximum Gasteiger partial charge on any atom is 0.317 e. The molecule has 30 heavy (non-hydrogen) atoms. The Morgan fingerprint density at radius 3 is 0.800 bits per heavy atom. The van der Waals surface area contributed by atoms with Crippen LogP contribution in [0.1, 0.15) is 35.1 Å². The lowest BCUT2D eigenvalue weighted by molar-refractivity contribution is -0.158. The van der Waals surface area contributed by atoms with Gasteiger partial charge in [0.2, 0.25) is 0 Å². The van der Waals surface area contributed by atoms with Crippen molar-refractivity contribution in [3.8, 4) is 0 Å². The molecule has 0 aromatic heterocycles. The highest BCUT2D eigenvalue weighted by atomic mass is 16.6. The van der Waals surface area contributed by atoms with E-state index in [0.717, 1.165) is 0 Å². The molecule has 0 unspecified atom stereocenters. The van der Waals surface area contributed by atoms with Gasteiger partial charge in [-0.2, -0.15) is 0 Å². The van der Waals surface area contributed by atoms with Crippen LogP contribution in [-0.4, -0.2) is 23.9 Å². The summed E-state index contributed by atoms with van der Waals surface area (Å²) in [5, 5.41) is 0. The van der Waals surface area contributed by atoms with Gasteiger partial charge in [0.25, 0.3) is 0 Å². The third-order valence-electron chi connectivity index (χ3n) is 4.22. The summed E-state index contributed by atoms with van der Waals surface area (Å²) in [7, 11) is 0. The van der Waals surface area contributed by atoms with E-state index in [1.54, 1.807) is 48.5 Å². The van der Waals surface area contributed by atoms with Gasteiger partial charge >= 0.3 is 23.9 Å². The summed E-state index contributed by atoms with van der Waals surface area (Å²) in [6.07, 6.45) is -0.968. The first kappa shape index (κ1) is 21.0. The van der Waals surface area contributed by atoms with Crippen LogP contribution < -0.4 is 0 Å². The van der Waals surface area contributed by atoms with Gasteiger partial charge in [0.15, 0.2) is 0 Å². The molecule has 0 saturated carbocycles. The summed E-state index contributed by atoms with van der Waals surface area (Å²) >= 11 is 0. The molecule has 8 heteroatoms. The van der Waals surface area contributed by atoms with Gasteiger partial charge in [0.05, 0.1) is 0 Å². The van der Waals surface area contributed by atoms with E-state index in [0.29, 0.717) is 22.3 Å². The molecule has 4 heterocycles. The van der Waals surface area contributed by atoms with Gasteiger partial charge in [0, 0.05) is 0 Å². The second kappa shape index (κ2) is 10.2.